The number of aromatic nitrogens is 2. The molecule has 0 spiro atoms. The fourth-order valence-corrected chi connectivity index (χ4v) is 3.65. The second kappa shape index (κ2) is 8.45. The van der Waals surface area contributed by atoms with E-state index in [0.717, 1.165) is 32.6 Å². The highest BCUT2D eigenvalue weighted by atomic mass is 15.2. The molecule has 2 aromatic rings. The number of likely N-dealkylation sites (tertiary alicyclic amines) is 1. The Morgan fingerprint density at radius 2 is 2.08 bits per heavy atom. The van der Waals surface area contributed by atoms with Crippen LogP contribution in [0.2, 0.25) is 0 Å². The van der Waals surface area contributed by atoms with Gasteiger partial charge in [0.15, 0.2) is 0 Å². The fraction of sp³-hybridized carbons (Fsp3) is 0.550. The van der Waals surface area contributed by atoms with Gasteiger partial charge in [-0.1, -0.05) is 30.3 Å². The van der Waals surface area contributed by atoms with E-state index in [1.807, 2.05) is 6.20 Å². The van der Waals surface area contributed by atoms with Gasteiger partial charge in [0, 0.05) is 38.1 Å². The van der Waals surface area contributed by atoms with Gasteiger partial charge in [0.2, 0.25) is 0 Å². The van der Waals surface area contributed by atoms with Gasteiger partial charge in [-0.05, 0) is 45.3 Å². The van der Waals surface area contributed by atoms with Crippen LogP contribution in [0.25, 0.3) is 0 Å². The number of benzene rings is 1. The Balaban J connectivity index is 1.51. The number of aryl methyl sites for hydroxylation is 1. The molecule has 3 rings (SSSR count). The highest BCUT2D eigenvalue weighted by Crippen LogP contribution is 2.17. The van der Waals surface area contributed by atoms with Crippen molar-refractivity contribution in [1.82, 2.24) is 19.4 Å². The maximum absolute atomic E-state index is 4.53. The monoisotopic (exact) mass is 326 g/mol. The van der Waals surface area contributed by atoms with Crippen LogP contribution >= 0.6 is 0 Å². The first-order chi connectivity index (χ1) is 11.8. The lowest BCUT2D eigenvalue weighted by Crippen LogP contribution is -2.46. The molecule has 1 fully saturated rings. The molecule has 0 radical (unpaired) electrons. The van der Waals surface area contributed by atoms with Crippen LogP contribution in [0.5, 0.6) is 0 Å². The number of nitrogens with zero attached hydrogens (tertiary/aromatic N) is 4. The van der Waals surface area contributed by atoms with Gasteiger partial charge in [-0.25, -0.2) is 4.98 Å². The number of imidazole rings is 1. The first-order valence-corrected chi connectivity index (χ1v) is 9.22. The molecule has 0 bridgehead atoms. The smallest absolute Gasteiger partial charge is 0.122 e. The lowest BCUT2D eigenvalue weighted by molar-refractivity contribution is 0.109. The first kappa shape index (κ1) is 17.2. The molecule has 0 unspecified atom stereocenters. The summed E-state index contributed by atoms with van der Waals surface area (Å²) in [6, 6.07) is 11.5. The zero-order chi connectivity index (χ0) is 16.8. The summed E-state index contributed by atoms with van der Waals surface area (Å²) in [5.41, 5.74) is 1.43. The van der Waals surface area contributed by atoms with E-state index in [1.165, 1.54) is 30.8 Å². The molecule has 1 saturated heterocycles. The molecular weight excluding hydrogens is 296 g/mol. The van der Waals surface area contributed by atoms with Gasteiger partial charge < -0.3 is 9.47 Å². The van der Waals surface area contributed by atoms with Crippen LogP contribution in [0.3, 0.4) is 0 Å². The van der Waals surface area contributed by atoms with Gasteiger partial charge in [0.25, 0.3) is 0 Å². The second-order valence-electron chi connectivity index (χ2n) is 6.88. The summed E-state index contributed by atoms with van der Waals surface area (Å²) in [5.74, 6) is 1.20. The minimum absolute atomic E-state index is 0.660. The highest BCUT2D eigenvalue weighted by molar-refractivity contribution is 5.14. The summed E-state index contributed by atoms with van der Waals surface area (Å²) in [5, 5.41) is 0. The van der Waals surface area contributed by atoms with Gasteiger partial charge in [0.1, 0.15) is 5.82 Å². The molecule has 0 N–H and O–H groups in total. The minimum atomic E-state index is 0.660. The Morgan fingerprint density at radius 1 is 1.25 bits per heavy atom. The standard InChI is InChI=1S/C20H30N4/c1-3-24-15-12-21-20(24)17-23-13-7-10-19(16-23)22(2)14-11-18-8-5-4-6-9-18/h4-6,8-9,12,15,19H,3,7,10-11,13-14,16-17H2,1-2H3/t19-/m1/s1. The SMILES string of the molecule is CCn1ccnc1CN1CCC[C@@H](N(C)CCc2ccccc2)C1. The predicted molar refractivity (Wildman–Crippen MR) is 99.0 cm³/mol. The van der Waals surface area contributed by atoms with E-state index in [0.29, 0.717) is 6.04 Å². The van der Waals surface area contributed by atoms with E-state index in [9.17, 15) is 0 Å². The average Bonchev–Trinajstić information content (AvgIpc) is 3.08. The molecule has 1 aliphatic heterocycles. The van der Waals surface area contributed by atoms with Crippen LogP contribution in [0.15, 0.2) is 42.7 Å². The van der Waals surface area contributed by atoms with Crippen molar-refractivity contribution in [1.29, 1.82) is 0 Å². The van der Waals surface area contributed by atoms with Crippen LogP contribution in [0, 0.1) is 0 Å². The van der Waals surface area contributed by atoms with Gasteiger partial charge in [-0.3, -0.25) is 4.90 Å². The Morgan fingerprint density at radius 3 is 2.88 bits per heavy atom. The molecule has 1 atom stereocenters. The zero-order valence-electron chi connectivity index (χ0n) is 15.1. The maximum Gasteiger partial charge on any atom is 0.122 e. The summed E-state index contributed by atoms with van der Waals surface area (Å²) in [6.07, 6.45) is 7.74. The van der Waals surface area contributed by atoms with Gasteiger partial charge in [-0.2, -0.15) is 0 Å². The number of piperidine rings is 1. The van der Waals surface area contributed by atoms with Crippen molar-refractivity contribution in [2.75, 3.05) is 26.7 Å². The van der Waals surface area contributed by atoms with Crippen LogP contribution in [0.4, 0.5) is 0 Å². The normalized spacial score (nSPS) is 19.0. The predicted octanol–water partition coefficient (Wildman–Crippen LogP) is 3.04. The zero-order valence-corrected chi connectivity index (χ0v) is 15.1. The van der Waals surface area contributed by atoms with Crippen LogP contribution < -0.4 is 0 Å². The lowest BCUT2D eigenvalue weighted by atomic mass is 10.0. The minimum Gasteiger partial charge on any atom is -0.334 e. The van der Waals surface area contributed by atoms with Crippen molar-refractivity contribution in [2.24, 2.45) is 0 Å². The quantitative estimate of drug-likeness (QED) is 0.781. The molecule has 4 heteroatoms. The maximum atomic E-state index is 4.53. The largest absolute Gasteiger partial charge is 0.334 e. The molecule has 130 valence electrons. The number of likely N-dealkylation sites (N-methyl/N-ethyl adjacent to an activating group) is 1. The Kier molecular flexibility index (Phi) is 6.05. The van der Waals surface area contributed by atoms with Gasteiger partial charge in [-0.15, -0.1) is 0 Å². The summed E-state index contributed by atoms with van der Waals surface area (Å²) < 4.78 is 2.25. The Labute approximate surface area is 146 Å². The van der Waals surface area contributed by atoms with Crippen LogP contribution in [-0.4, -0.2) is 52.1 Å². The second-order valence-corrected chi connectivity index (χ2v) is 6.88. The third kappa shape index (κ3) is 4.46. The Hall–Kier alpha value is -1.65. The van der Waals surface area contributed by atoms with E-state index < -0.39 is 0 Å². The van der Waals surface area contributed by atoms with E-state index >= 15 is 0 Å². The Bertz CT molecular complexity index is 607. The first-order valence-electron chi connectivity index (χ1n) is 9.22. The molecular formula is C20H30N4. The molecule has 1 aromatic carbocycles. The van der Waals surface area contributed by atoms with Crippen molar-refractivity contribution < 1.29 is 0 Å². The molecule has 0 aliphatic carbocycles. The third-order valence-electron chi connectivity index (χ3n) is 5.21. The summed E-state index contributed by atoms with van der Waals surface area (Å²) >= 11 is 0. The van der Waals surface area contributed by atoms with Crippen molar-refractivity contribution in [3.05, 3.63) is 54.1 Å². The van der Waals surface area contributed by atoms with Crippen molar-refractivity contribution in [2.45, 2.75) is 45.3 Å². The third-order valence-corrected chi connectivity index (χ3v) is 5.21. The van der Waals surface area contributed by atoms with Crippen molar-refractivity contribution in [3.63, 3.8) is 0 Å². The fourth-order valence-electron chi connectivity index (χ4n) is 3.65. The van der Waals surface area contributed by atoms with Crippen LogP contribution in [-0.2, 0) is 19.5 Å². The van der Waals surface area contributed by atoms with Gasteiger partial charge >= 0.3 is 0 Å². The molecule has 24 heavy (non-hydrogen) atoms. The van der Waals surface area contributed by atoms with Crippen molar-refractivity contribution >= 4 is 0 Å². The van der Waals surface area contributed by atoms with Gasteiger partial charge in [0.05, 0.1) is 6.54 Å². The molecule has 4 nitrogen and oxygen atoms in total. The number of hydrogen-bond donors (Lipinski definition) is 0. The van der Waals surface area contributed by atoms with E-state index in [4.69, 9.17) is 0 Å². The van der Waals surface area contributed by atoms with E-state index in [1.54, 1.807) is 0 Å². The number of hydrogen-bond acceptors (Lipinski definition) is 3. The molecule has 1 aliphatic rings. The topological polar surface area (TPSA) is 24.3 Å². The molecule has 2 heterocycles. The molecule has 0 saturated carbocycles. The number of rotatable bonds is 7. The van der Waals surface area contributed by atoms with E-state index in [-0.39, 0.29) is 0 Å². The van der Waals surface area contributed by atoms with Crippen molar-refractivity contribution in [3.8, 4) is 0 Å². The average molecular weight is 326 g/mol. The molecule has 0 amide bonds. The summed E-state index contributed by atoms with van der Waals surface area (Å²) in [7, 11) is 2.28. The van der Waals surface area contributed by atoms with E-state index in [2.05, 4.69) is 69.9 Å². The van der Waals surface area contributed by atoms with Crippen LogP contribution in [0.1, 0.15) is 31.2 Å². The highest BCUT2D eigenvalue weighted by Gasteiger charge is 2.23. The summed E-state index contributed by atoms with van der Waals surface area (Å²) in [6.45, 7) is 7.64. The summed E-state index contributed by atoms with van der Waals surface area (Å²) in [4.78, 5) is 9.65. The lowest BCUT2D eigenvalue weighted by Gasteiger charge is -2.37. The molecule has 1 aromatic heterocycles.